The number of benzene rings is 1. The van der Waals surface area contributed by atoms with Gasteiger partial charge in [0.15, 0.2) is 0 Å². The van der Waals surface area contributed by atoms with Crippen molar-refractivity contribution >= 4 is 11.8 Å². The van der Waals surface area contributed by atoms with E-state index in [0.29, 0.717) is 24.6 Å². The molecule has 0 aromatic heterocycles. The molecule has 1 aliphatic rings. The Labute approximate surface area is 117 Å². The Morgan fingerprint density at radius 2 is 1.76 bits per heavy atom. The number of nitrogens with one attached hydrogen (secondary N) is 1. The molecule has 1 N–H and O–H groups in total. The van der Waals surface area contributed by atoms with Crippen LogP contribution in [0.5, 0.6) is 0 Å². The van der Waals surface area contributed by atoms with Gasteiger partial charge in [-0.1, -0.05) is 0 Å². The van der Waals surface area contributed by atoms with Gasteiger partial charge in [-0.15, -0.1) is 0 Å². The van der Waals surface area contributed by atoms with Gasteiger partial charge in [0.2, 0.25) is 11.8 Å². The number of alkyl halides is 3. The average molecular weight is 304 g/mol. The SMILES string of the molecule is O=C1CCCC(=O)N1NCc1cc(C(F)(F)F)ccc1F. The zero-order valence-electron chi connectivity index (χ0n) is 10.8. The molecule has 0 spiro atoms. The van der Waals surface area contributed by atoms with Gasteiger partial charge in [0.25, 0.3) is 0 Å². The largest absolute Gasteiger partial charge is 0.416 e. The topological polar surface area (TPSA) is 49.4 Å². The molecule has 0 bridgehead atoms. The van der Waals surface area contributed by atoms with Crippen molar-refractivity contribution in [1.82, 2.24) is 10.4 Å². The maximum atomic E-state index is 13.5. The summed E-state index contributed by atoms with van der Waals surface area (Å²) in [4.78, 5) is 23.0. The monoisotopic (exact) mass is 304 g/mol. The number of rotatable bonds is 3. The van der Waals surface area contributed by atoms with Crippen LogP contribution >= 0.6 is 0 Å². The molecule has 1 fully saturated rings. The molecule has 8 heteroatoms. The number of hydrogen-bond acceptors (Lipinski definition) is 3. The minimum absolute atomic E-state index is 0.170. The fourth-order valence-electron chi connectivity index (χ4n) is 1.98. The van der Waals surface area contributed by atoms with E-state index in [1.807, 2.05) is 0 Å². The molecule has 0 radical (unpaired) electrons. The lowest BCUT2D eigenvalue weighted by atomic mass is 10.1. The molecule has 21 heavy (non-hydrogen) atoms. The lowest BCUT2D eigenvalue weighted by molar-refractivity contribution is -0.152. The summed E-state index contributed by atoms with van der Waals surface area (Å²) >= 11 is 0. The van der Waals surface area contributed by atoms with Crippen molar-refractivity contribution in [2.45, 2.75) is 32.0 Å². The van der Waals surface area contributed by atoms with Crippen LogP contribution in [0.4, 0.5) is 17.6 Å². The van der Waals surface area contributed by atoms with Crippen LogP contribution in [0, 0.1) is 5.82 Å². The fourth-order valence-corrected chi connectivity index (χ4v) is 1.98. The Kier molecular flexibility index (Phi) is 4.26. The third-order valence-electron chi connectivity index (χ3n) is 3.08. The van der Waals surface area contributed by atoms with E-state index in [2.05, 4.69) is 5.43 Å². The number of hydrogen-bond donors (Lipinski definition) is 1. The highest BCUT2D eigenvalue weighted by molar-refractivity contribution is 5.96. The fraction of sp³-hybridized carbons (Fsp3) is 0.385. The van der Waals surface area contributed by atoms with E-state index < -0.39 is 29.4 Å². The molecule has 0 saturated carbocycles. The summed E-state index contributed by atoms with van der Waals surface area (Å²) in [5.74, 6) is -1.79. The molecule has 1 heterocycles. The number of piperidine rings is 1. The molecule has 0 aliphatic carbocycles. The number of halogens is 4. The van der Waals surface area contributed by atoms with E-state index in [4.69, 9.17) is 0 Å². The van der Waals surface area contributed by atoms with Crippen LogP contribution in [-0.4, -0.2) is 16.8 Å². The quantitative estimate of drug-likeness (QED) is 0.689. The number of amides is 2. The Bertz CT molecular complexity index is 556. The van der Waals surface area contributed by atoms with Gasteiger partial charge in [-0.05, 0) is 24.6 Å². The van der Waals surface area contributed by atoms with E-state index in [-0.39, 0.29) is 24.9 Å². The van der Waals surface area contributed by atoms with Crippen LogP contribution < -0.4 is 5.43 Å². The Morgan fingerprint density at radius 1 is 1.14 bits per heavy atom. The van der Waals surface area contributed by atoms with Gasteiger partial charge in [-0.25, -0.2) is 14.8 Å². The number of carbonyl (C=O) groups excluding carboxylic acids is 2. The first-order valence-electron chi connectivity index (χ1n) is 6.24. The van der Waals surface area contributed by atoms with E-state index in [0.717, 1.165) is 5.01 Å². The summed E-state index contributed by atoms with van der Waals surface area (Å²) in [6.45, 7) is -0.382. The second-order valence-corrected chi connectivity index (χ2v) is 4.62. The predicted octanol–water partition coefficient (Wildman–Crippen LogP) is 2.39. The van der Waals surface area contributed by atoms with Crippen molar-refractivity contribution in [3.8, 4) is 0 Å². The van der Waals surface area contributed by atoms with Gasteiger partial charge in [0.1, 0.15) is 5.82 Å². The molecule has 2 amide bonds. The third kappa shape index (κ3) is 3.57. The van der Waals surface area contributed by atoms with Gasteiger partial charge in [-0.2, -0.15) is 13.2 Å². The van der Waals surface area contributed by atoms with Gasteiger partial charge in [-0.3, -0.25) is 9.59 Å². The van der Waals surface area contributed by atoms with Crippen LogP contribution in [-0.2, 0) is 22.3 Å². The van der Waals surface area contributed by atoms with Crippen LogP contribution in [0.25, 0.3) is 0 Å². The lowest BCUT2D eigenvalue weighted by Crippen LogP contribution is -2.48. The maximum absolute atomic E-state index is 13.5. The third-order valence-corrected chi connectivity index (χ3v) is 3.08. The van der Waals surface area contributed by atoms with Crippen LogP contribution in [0.2, 0.25) is 0 Å². The first kappa shape index (κ1) is 15.4. The van der Waals surface area contributed by atoms with Gasteiger partial charge < -0.3 is 0 Å². The summed E-state index contributed by atoms with van der Waals surface area (Å²) < 4.78 is 51.2. The first-order chi connectivity index (χ1) is 9.79. The molecule has 1 aliphatic heterocycles. The molecule has 1 aromatic rings. The van der Waals surface area contributed by atoms with E-state index in [1.54, 1.807) is 0 Å². The number of imide groups is 1. The second kappa shape index (κ2) is 5.80. The minimum Gasteiger partial charge on any atom is -0.273 e. The van der Waals surface area contributed by atoms with E-state index >= 15 is 0 Å². The molecule has 0 unspecified atom stereocenters. The van der Waals surface area contributed by atoms with Crippen molar-refractivity contribution in [3.05, 3.63) is 35.1 Å². The lowest BCUT2D eigenvalue weighted by Gasteiger charge is -2.25. The highest BCUT2D eigenvalue weighted by Gasteiger charge is 2.31. The number of carbonyl (C=O) groups is 2. The normalized spacial score (nSPS) is 16.5. The average Bonchev–Trinajstić information content (AvgIpc) is 2.38. The zero-order chi connectivity index (χ0) is 15.6. The highest BCUT2D eigenvalue weighted by atomic mass is 19.4. The van der Waals surface area contributed by atoms with Crippen molar-refractivity contribution in [2.75, 3.05) is 0 Å². The highest BCUT2D eigenvalue weighted by Crippen LogP contribution is 2.30. The van der Waals surface area contributed by atoms with Gasteiger partial charge in [0, 0.05) is 24.9 Å². The molecule has 2 rings (SSSR count). The van der Waals surface area contributed by atoms with Gasteiger partial charge in [0.05, 0.1) is 5.56 Å². The number of nitrogens with zero attached hydrogens (tertiary/aromatic N) is 1. The minimum atomic E-state index is -4.58. The summed E-state index contributed by atoms with van der Waals surface area (Å²) in [6, 6.07) is 2.00. The van der Waals surface area contributed by atoms with Crippen molar-refractivity contribution in [2.24, 2.45) is 0 Å². The summed E-state index contributed by atoms with van der Waals surface area (Å²) in [5.41, 5.74) is 1.13. The molecule has 1 aromatic carbocycles. The van der Waals surface area contributed by atoms with E-state index in [1.165, 1.54) is 0 Å². The summed E-state index contributed by atoms with van der Waals surface area (Å²) in [5, 5.41) is 0.739. The van der Waals surface area contributed by atoms with Crippen LogP contribution in [0.15, 0.2) is 18.2 Å². The van der Waals surface area contributed by atoms with Crippen LogP contribution in [0.3, 0.4) is 0 Å². The van der Waals surface area contributed by atoms with Crippen molar-refractivity contribution < 1.29 is 27.2 Å². The van der Waals surface area contributed by atoms with Crippen molar-refractivity contribution in [3.63, 3.8) is 0 Å². The molecule has 114 valence electrons. The Morgan fingerprint density at radius 3 is 2.33 bits per heavy atom. The zero-order valence-corrected chi connectivity index (χ0v) is 10.8. The molecule has 0 atom stereocenters. The van der Waals surface area contributed by atoms with E-state index in [9.17, 15) is 27.2 Å². The summed E-state index contributed by atoms with van der Waals surface area (Å²) in [7, 11) is 0. The summed E-state index contributed by atoms with van der Waals surface area (Å²) in [6.07, 6.45) is -3.80. The standard InChI is InChI=1S/C13H12F4N2O2/c14-10-5-4-9(13(15,16)17)6-8(10)7-18-19-11(20)2-1-3-12(19)21/h4-6,18H,1-3,7H2. The maximum Gasteiger partial charge on any atom is 0.416 e. The molecule has 4 nitrogen and oxygen atoms in total. The molecular weight excluding hydrogens is 292 g/mol. The Balaban J connectivity index is 2.12. The smallest absolute Gasteiger partial charge is 0.273 e. The molecular formula is C13H12F4N2O2. The first-order valence-corrected chi connectivity index (χ1v) is 6.24. The molecule has 1 saturated heterocycles. The van der Waals surface area contributed by atoms with Gasteiger partial charge >= 0.3 is 6.18 Å². The predicted molar refractivity (Wildman–Crippen MR) is 63.9 cm³/mol. The number of hydrazine groups is 1. The second-order valence-electron chi connectivity index (χ2n) is 4.62. The Hall–Kier alpha value is -1.96. The van der Waals surface area contributed by atoms with Crippen molar-refractivity contribution in [1.29, 1.82) is 0 Å². The van der Waals surface area contributed by atoms with Crippen LogP contribution in [0.1, 0.15) is 30.4 Å².